The Morgan fingerprint density at radius 1 is 1.42 bits per heavy atom. The Morgan fingerprint density at radius 3 is 2.79 bits per heavy atom. The number of nitrogens with zero attached hydrogens (tertiary/aromatic N) is 1. The zero-order valence-electron chi connectivity index (χ0n) is 11.1. The van der Waals surface area contributed by atoms with Gasteiger partial charge in [0.1, 0.15) is 5.82 Å². The summed E-state index contributed by atoms with van der Waals surface area (Å²) in [5, 5.41) is 2.78. The van der Waals surface area contributed by atoms with Gasteiger partial charge in [-0.15, -0.1) is 0 Å². The largest absolute Gasteiger partial charge is 0.379 e. The van der Waals surface area contributed by atoms with E-state index in [4.69, 9.17) is 4.74 Å². The van der Waals surface area contributed by atoms with Gasteiger partial charge in [0.2, 0.25) is 5.91 Å². The number of carbonyl (C=O) groups excluding carboxylic acids is 1. The number of nitrogens with one attached hydrogen (secondary N) is 1. The molecule has 4 nitrogen and oxygen atoms in total. The van der Waals surface area contributed by atoms with Crippen LogP contribution in [-0.2, 0) is 16.1 Å². The normalized spacial score (nSPS) is 18.0. The maximum atomic E-state index is 13.4. The van der Waals surface area contributed by atoms with E-state index in [9.17, 15) is 9.18 Å². The highest BCUT2D eigenvalue weighted by atomic mass is 19.1. The number of hydrogen-bond acceptors (Lipinski definition) is 3. The second-order valence-electron chi connectivity index (χ2n) is 4.63. The van der Waals surface area contributed by atoms with Crippen molar-refractivity contribution in [2.24, 2.45) is 0 Å². The van der Waals surface area contributed by atoms with Gasteiger partial charge in [-0.3, -0.25) is 9.69 Å². The van der Waals surface area contributed by atoms with E-state index in [1.165, 1.54) is 6.07 Å². The zero-order chi connectivity index (χ0) is 13.7. The third-order valence-corrected chi connectivity index (χ3v) is 3.38. The number of carbonyl (C=O) groups is 1. The van der Waals surface area contributed by atoms with Crippen molar-refractivity contribution < 1.29 is 13.9 Å². The van der Waals surface area contributed by atoms with Gasteiger partial charge in [0.15, 0.2) is 0 Å². The summed E-state index contributed by atoms with van der Waals surface area (Å²) >= 11 is 0. The SMILES string of the molecule is CC(C(=O)NCc1ccccc1F)N1CCOCC1. The maximum absolute atomic E-state index is 13.4. The fourth-order valence-corrected chi connectivity index (χ4v) is 2.10. The molecule has 1 amide bonds. The molecular weight excluding hydrogens is 247 g/mol. The van der Waals surface area contributed by atoms with Gasteiger partial charge in [0.05, 0.1) is 19.3 Å². The lowest BCUT2D eigenvalue weighted by Gasteiger charge is -2.31. The minimum absolute atomic E-state index is 0.0786. The van der Waals surface area contributed by atoms with Crippen molar-refractivity contribution >= 4 is 5.91 Å². The van der Waals surface area contributed by atoms with E-state index >= 15 is 0 Å². The summed E-state index contributed by atoms with van der Waals surface area (Å²) in [4.78, 5) is 14.1. The van der Waals surface area contributed by atoms with E-state index < -0.39 is 0 Å². The third-order valence-electron chi connectivity index (χ3n) is 3.38. The second-order valence-corrected chi connectivity index (χ2v) is 4.63. The predicted octanol–water partition coefficient (Wildman–Crippen LogP) is 1.16. The van der Waals surface area contributed by atoms with Crippen LogP contribution in [0.25, 0.3) is 0 Å². The molecule has 2 rings (SSSR count). The standard InChI is InChI=1S/C14H19FN2O2/c1-11(17-6-8-19-9-7-17)14(18)16-10-12-4-2-3-5-13(12)15/h2-5,11H,6-10H2,1H3,(H,16,18). The molecule has 1 N–H and O–H groups in total. The number of halogens is 1. The van der Waals surface area contributed by atoms with Crippen LogP contribution in [-0.4, -0.2) is 43.2 Å². The van der Waals surface area contributed by atoms with Gasteiger partial charge in [-0.25, -0.2) is 4.39 Å². The highest BCUT2D eigenvalue weighted by Crippen LogP contribution is 2.07. The number of hydrogen-bond donors (Lipinski definition) is 1. The summed E-state index contributed by atoms with van der Waals surface area (Å²) in [6.45, 7) is 4.92. The van der Waals surface area contributed by atoms with Gasteiger partial charge in [0.25, 0.3) is 0 Å². The molecule has 1 heterocycles. The Kier molecular flexibility index (Phi) is 4.87. The molecule has 1 fully saturated rings. The van der Waals surface area contributed by atoms with Crippen LogP contribution in [0, 0.1) is 5.82 Å². The van der Waals surface area contributed by atoms with Gasteiger partial charge < -0.3 is 10.1 Å². The zero-order valence-corrected chi connectivity index (χ0v) is 11.1. The molecule has 0 spiro atoms. The van der Waals surface area contributed by atoms with Gasteiger partial charge in [0, 0.05) is 25.2 Å². The fraction of sp³-hybridized carbons (Fsp3) is 0.500. The van der Waals surface area contributed by atoms with E-state index in [1.807, 2.05) is 6.92 Å². The van der Waals surface area contributed by atoms with Crippen LogP contribution in [0.1, 0.15) is 12.5 Å². The Hall–Kier alpha value is -1.46. The minimum atomic E-state index is -0.290. The molecule has 104 valence electrons. The Balaban J connectivity index is 1.85. The predicted molar refractivity (Wildman–Crippen MR) is 70.1 cm³/mol. The summed E-state index contributed by atoms with van der Waals surface area (Å²) in [5.74, 6) is -0.369. The number of ether oxygens (including phenoxy) is 1. The molecule has 0 saturated carbocycles. The fourth-order valence-electron chi connectivity index (χ4n) is 2.10. The van der Waals surface area contributed by atoms with E-state index in [0.29, 0.717) is 18.8 Å². The highest BCUT2D eigenvalue weighted by Gasteiger charge is 2.22. The van der Waals surface area contributed by atoms with Gasteiger partial charge in [-0.05, 0) is 13.0 Å². The average Bonchev–Trinajstić information content (AvgIpc) is 2.46. The smallest absolute Gasteiger partial charge is 0.237 e. The van der Waals surface area contributed by atoms with Crippen LogP contribution in [0.4, 0.5) is 4.39 Å². The Morgan fingerprint density at radius 2 is 2.11 bits per heavy atom. The van der Waals surface area contributed by atoms with Crippen LogP contribution in [0.2, 0.25) is 0 Å². The van der Waals surface area contributed by atoms with E-state index in [0.717, 1.165) is 13.1 Å². The molecule has 1 atom stereocenters. The summed E-state index contributed by atoms with van der Waals surface area (Å²) < 4.78 is 18.7. The lowest BCUT2D eigenvalue weighted by Crippen LogP contribution is -2.49. The lowest BCUT2D eigenvalue weighted by atomic mass is 10.2. The molecule has 1 aromatic rings. The van der Waals surface area contributed by atoms with E-state index in [-0.39, 0.29) is 24.3 Å². The lowest BCUT2D eigenvalue weighted by molar-refractivity contribution is -0.127. The van der Waals surface area contributed by atoms with Crippen LogP contribution < -0.4 is 5.32 Å². The third kappa shape index (κ3) is 3.75. The topological polar surface area (TPSA) is 41.6 Å². The van der Waals surface area contributed by atoms with Crippen molar-refractivity contribution in [2.45, 2.75) is 19.5 Å². The van der Waals surface area contributed by atoms with Gasteiger partial charge >= 0.3 is 0 Å². The minimum Gasteiger partial charge on any atom is -0.379 e. The molecule has 1 aliphatic heterocycles. The van der Waals surface area contributed by atoms with Crippen LogP contribution in [0.5, 0.6) is 0 Å². The molecule has 1 unspecified atom stereocenters. The molecule has 5 heteroatoms. The van der Waals surface area contributed by atoms with Crippen LogP contribution in [0.3, 0.4) is 0 Å². The molecule has 1 saturated heterocycles. The molecule has 0 aromatic heterocycles. The van der Waals surface area contributed by atoms with Crippen molar-refractivity contribution in [3.63, 3.8) is 0 Å². The molecule has 1 aromatic carbocycles. The molecule has 1 aliphatic rings. The van der Waals surface area contributed by atoms with Crippen molar-refractivity contribution in [3.05, 3.63) is 35.6 Å². The first kappa shape index (κ1) is 14.0. The molecule has 0 aliphatic carbocycles. The van der Waals surface area contributed by atoms with Crippen molar-refractivity contribution in [3.8, 4) is 0 Å². The first-order valence-corrected chi connectivity index (χ1v) is 6.51. The Labute approximate surface area is 112 Å². The van der Waals surface area contributed by atoms with Crippen molar-refractivity contribution in [1.29, 1.82) is 0 Å². The summed E-state index contributed by atoms with van der Waals surface area (Å²) in [7, 11) is 0. The molecular formula is C14H19FN2O2. The van der Waals surface area contributed by atoms with Crippen LogP contribution in [0.15, 0.2) is 24.3 Å². The molecule has 0 bridgehead atoms. The summed E-state index contributed by atoms with van der Waals surface area (Å²) in [5.41, 5.74) is 0.505. The van der Waals surface area contributed by atoms with Crippen molar-refractivity contribution in [1.82, 2.24) is 10.2 Å². The highest BCUT2D eigenvalue weighted by molar-refractivity contribution is 5.81. The first-order valence-electron chi connectivity index (χ1n) is 6.51. The first-order chi connectivity index (χ1) is 9.18. The molecule has 0 radical (unpaired) electrons. The monoisotopic (exact) mass is 266 g/mol. The summed E-state index contributed by atoms with van der Waals surface area (Å²) in [6.07, 6.45) is 0. The number of amides is 1. The number of rotatable bonds is 4. The number of morpholine rings is 1. The summed E-state index contributed by atoms with van der Waals surface area (Å²) in [6, 6.07) is 6.25. The van der Waals surface area contributed by atoms with E-state index in [2.05, 4.69) is 10.2 Å². The van der Waals surface area contributed by atoms with E-state index in [1.54, 1.807) is 18.2 Å². The number of benzene rings is 1. The maximum Gasteiger partial charge on any atom is 0.237 e. The van der Waals surface area contributed by atoms with Gasteiger partial charge in [-0.2, -0.15) is 0 Å². The average molecular weight is 266 g/mol. The van der Waals surface area contributed by atoms with Crippen molar-refractivity contribution in [2.75, 3.05) is 26.3 Å². The molecule has 19 heavy (non-hydrogen) atoms. The second kappa shape index (κ2) is 6.63. The van der Waals surface area contributed by atoms with Gasteiger partial charge in [-0.1, -0.05) is 18.2 Å². The Bertz CT molecular complexity index is 433. The van der Waals surface area contributed by atoms with Crippen LogP contribution >= 0.6 is 0 Å². The quantitative estimate of drug-likeness (QED) is 0.889.